The summed E-state index contributed by atoms with van der Waals surface area (Å²) in [6.07, 6.45) is -4.05. The van der Waals surface area contributed by atoms with Gasteiger partial charge in [-0.3, -0.25) is 9.36 Å². The first kappa shape index (κ1) is 25.0. The number of nitrogens with zero attached hydrogens (tertiary/aromatic N) is 5. The topological polar surface area (TPSA) is 82.8 Å². The van der Waals surface area contributed by atoms with E-state index in [9.17, 15) is 18.0 Å². The van der Waals surface area contributed by atoms with E-state index in [1.165, 1.54) is 29.5 Å². The maximum Gasteiger partial charge on any atom is 0.416 e. The number of ether oxygens (including phenoxy) is 1. The van der Waals surface area contributed by atoms with E-state index in [1.54, 1.807) is 6.07 Å². The van der Waals surface area contributed by atoms with E-state index in [0.29, 0.717) is 22.6 Å². The van der Waals surface area contributed by atoms with Gasteiger partial charge in [0.15, 0.2) is 10.3 Å². The van der Waals surface area contributed by atoms with Crippen molar-refractivity contribution in [1.29, 1.82) is 0 Å². The molecular formula is C21H22F3N5O2S2. The fourth-order valence-electron chi connectivity index (χ4n) is 2.99. The van der Waals surface area contributed by atoms with Crippen molar-refractivity contribution in [3.63, 3.8) is 0 Å². The second-order valence-electron chi connectivity index (χ2n) is 7.04. The zero-order chi connectivity index (χ0) is 24.2. The predicted octanol–water partition coefficient (Wildman–Crippen LogP) is 5.03. The second-order valence-corrected chi connectivity index (χ2v) is 9.15. The number of aromatic nitrogens is 5. The molecular weight excluding hydrogens is 475 g/mol. The van der Waals surface area contributed by atoms with Gasteiger partial charge in [-0.1, -0.05) is 36.5 Å². The van der Waals surface area contributed by atoms with E-state index in [0.717, 1.165) is 35.3 Å². The molecule has 12 heteroatoms. The van der Waals surface area contributed by atoms with Gasteiger partial charge in [-0.25, -0.2) is 9.97 Å². The Morgan fingerprint density at radius 1 is 1.15 bits per heavy atom. The molecule has 176 valence electrons. The lowest BCUT2D eigenvalue weighted by Crippen LogP contribution is -2.18. The van der Waals surface area contributed by atoms with E-state index < -0.39 is 23.0 Å². The van der Waals surface area contributed by atoms with Crippen LogP contribution in [0.15, 0.2) is 40.6 Å². The molecule has 0 aliphatic heterocycles. The average Bonchev–Trinajstić information content (AvgIpc) is 3.16. The number of hydrogen-bond donors (Lipinski definition) is 0. The van der Waals surface area contributed by atoms with Gasteiger partial charge in [0.2, 0.25) is 0 Å². The molecule has 0 amide bonds. The normalized spacial score (nSPS) is 12.6. The minimum atomic E-state index is -4.50. The molecule has 0 saturated heterocycles. The fourth-order valence-corrected chi connectivity index (χ4v) is 4.87. The third-order valence-electron chi connectivity index (χ3n) is 4.51. The van der Waals surface area contributed by atoms with E-state index in [1.807, 2.05) is 26.8 Å². The number of methoxy groups -OCH3 is 1. The smallest absolute Gasteiger partial charge is 0.416 e. The molecule has 3 rings (SSSR count). The summed E-state index contributed by atoms with van der Waals surface area (Å²) in [7, 11) is 1.29. The molecule has 0 saturated carbocycles. The molecule has 33 heavy (non-hydrogen) atoms. The second kappa shape index (κ2) is 10.6. The molecule has 0 spiro atoms. The van der Waals surface area contributed by atoms with Crippen LogP contribution in [0.3, 0.4) is 0 Å². The van der Waals surface area contributed by atoms with Crippen LogP contribution < -0.4 is 0 Å². The standard InChI is InChI=1S/C21H22F3N5O2S2/c1-5-16(18(30)31-4)33-20-28-27-17(11-32-19-25-12(2)9-13(3)26-19)29(20)15-8-6-7-14(10-15)21(22,23)24/h6-10,16H,5,11H2,1-4H3/t16-/m1/s1. The van der Waals surface area contributed by atoms with E-state index >= 15 is 0 Å². The molecule has 1 atom stereocenters. The van der Waals surface area contributed by atoms with Crippen molar-refractivity contribution in [3.05, 3.63) is 53.1 Å². The van der Waals surface area contributed by atoms with Gasteiger partial charge in [-0.05, 0) is 44.5 Å². The van der Waals surface area contributed by atoms with Gasteiger partial charge >= 0.3 is 12.1 Å². The summed E-state index contributed by atoms with van der Waals surface area (Å²) < 4.78 is 46.4. The molecule has 0 aliphatic rings. The molecule has 1 aromatic carbocycles. The van der Waals surface area contributed by atoms with Crippen LogP contribution in [0.1, 0.15) is 36.1 Å². The van der Waals surface area contributed by atoms with Gasteiger partial charge in [-0.2, -0.15) is 13.2 Å². The van der Waals surface area contributed by atoms with Crippen molar-refractivity contribution in [2.45, 2.75) is 54.7 Å². The SMILES string of the molecule is CC[C@@H](Sc1nnc(CSc2nc(C)cc(C)n2)n1-c1cccc(C(F)(F)F)c1)C(=O)OC. The minimum Gasteiger partial charge on any atom is -0.468 e. The Morgan fingerprint density at radius 2 is 1.85 bits per heavy atom. The average molecular weight is 498 g/mol. The maximum atomic E-state index is 13.3. The van der Waals surface area contributed by atoms with Crippen LogP contribution in [0, 0.1) is 13.8 Å². The molecule has 2 aromatic heterocycles. The first-order valence-corrected chi connectivity index (χ1v) is 11.8. The lowest BCUT2D eigenvalue weighted by molar-refractivity contribution is -0.140. The van der Waals surface area contributed by atoms with Crippen molar-refractivity contribution in [1.82, 2.24) is 24.7 Å². The molecule has 3 aromatic rings. The molecule has 0 bridgehead atoms. The van der Waals surface area contributed by atoms with Crippen molar-refractivity contribution in [3.8, 4) is 5.69 Å². The molecule has 0 fully saturated rings. The number of carbonyl (C=O) groups excluding carboxylic acids is 1. The van der Waals surface area contributed by atoms with Crippen molar-refractivity contribution >= 4 is 29.5 Å². The van der Waals surface area contributed by atoms with Gasteiger partial charge < -0.3 is 4.74 Å². The quantitative estimate of drug-likeness (QED) is 0.244. The number of thioether (sulfide) groups is 2. The Labute approximate surface area is 197 Å². The number of rotatable bonds is 8. The minimum absolute atomic E-state index is 0.244. The van der Waals surface area contributed by atoms with Crippen LogP contribution in [0.5, 0.6) is 0 Å². The molecule has 2 heterocycles. The van der Waals surface area contributed by atoms with Crippen LogP contribution in [0.2, 0.25) is 0 Å². The van der Waals surface area contributed by atoms with Crippen molar-refractivity contribution in [2.24, 2.45) is 0 Å². The van der Waals surface area contributed by atoms with E-state index in [4.69, 9.17) is 4.74 Å². The van der Waals surface area contributed by atoms with Crippen LogP contribution in [-0.4, -0.2) is 43.1 Å². The summed E-state index contributed by atoms with van der Waals surface area (Å²) in [6, 6.07) is 6.76. The fraction of sp³-hybridized carbons (Fsp3) is 0.381. The summed E-state index contributed by atoms with van der Waals surface area (Å²) in [5, 5.41) is 8.62. The first-order valence-electron chi connectivity index (χ1n) is 9.93. The highest BCUT2D eigenvalue weighted by Gasteiger charge is 2.31. The highest BCUT2D eigenvalue weighted by Crippen LogP contribution is 2.34. The highest BCUT2D eigenvalue weighted by molar-refractivity contribution is 8.00. The maximum absolute atomic E-state index is 13.3. The lowest BCUT2D eigenvalue weighted by Gasteiger charge is -2.15. The molecule has 0 N–H and O–H groups in total. The monoisotopic (exact) mass is 497 g/mol. The Bertz CT molecular complexity index is 1120. The Balaban J connectivity index is 2.01. The van der Waals surface area contributed by atoms with Crippen LogP contribution >= 0.6 is 23.5 Å². The van der Waals surface area contributed by atoms with Gasteiger partial charge in [0, 0.05) is 11.4 Å². The zero-order valence-electron chi connectivity index (χ0n) is 18.4. The van der Waals surface area contributed by atoms with Crippen molar-refractivity contribution < 1.29 is 22.7 Å². The molecule has 7 nitrogen and oxygen atoms in total. The van der Waals surface area contributed by atoms with Crippen molar-refractivity contribution in [2.75, 3.05) is 7.11 Å². The summed E-state index contributed by atoms with van der Waals surface area (Å²) in [5.41, 5.74) is 1.07. The van der Waals surface area contributed by atoms with Gasteiger partial charge in [0.25, 0.3) is 0 Å². The Kier molecular flexibility index (Phi) is 8.01. The number of halogens is 3. The number of hydrogen-bond acceptors (Lipinski definition) is 8. The van der Waals surface area contributed by atoms with Gasteiger partial charge in [0.1, 0.15) is 11.1 Å². The number of benzene rings is 1. The summed E-state index contributed by atoms with van der Waals surface area (Å²) in [5.74, 6) is 0.229. The lowest BCUT2D eigenvalue weighted by atomic mass is 10.2. The molecule has 0 unspecified atom stereocenters. The van der Waals surface area contributed by atoms with Gasteiger partial charge in [-0.15, -0.1) is 10.2 Å². The van der Waals surface area contributed by atoms with E-state index in [-0.39, 0.29) is 11.4 Å². The number of esters is 1. The third kappa shape index (κ3) is 6.26. The molecule has 0 aliphatic carbocycles. The van der Waals surface area contributed by atoms with E-state index in [2.05, 4.69) is 20.2 Å². The third-order valence-corrected chi connectivity index (χ3v) is 6.64. The van der Waals surface area contributed by atoms with Crippen LogP contribution in [0.25, 0.3) is 5.69 Å². The number of aryl methyl sites for hydroxylation is 2. The Hall–Kier alpha value is -2.60. The Morgan fingerprint density at radius 3 is 2.45 bits per heavy atom. The van der Waals surface area contributed by atoms with Gasteiger partial charge in [0.05, 0.1) is 24.1 Å². The zero-order valence-corrected chi connectivity index (χ0v) is 20.0. The summed E-state index contributed by atoms with van der Waals surface area (Å²) in [6.45, 7) is 5.53. The van der Waals surface area contributed by atoms with Crippen LogP contribution in [-0.2, 0) is 21.5 Å². The summed E-state index contributed by atoms with van der Waals surface area (Å²) in [4.78, 5) is 20.9. The predicted molar refractivity (Wildman–Crippen MR) is 119 cm³/mol. The largest absolute Gasteiger partial charge is 0.468 e. The first-order chi connectivity index (χ1) is 15.6. The highest BCUT2D eigenvalue weighted by atomic mass is 32.2. The molecule has 0 radical (unpaired) electrons. The number of carbonyl (C=O) groups is 1. The number of alkyl halides is 3. The van der Waals surface area contributed by atoms with Crippen LogP contribution in [0.4, 0.5) is 13.2 Å². The summed E-state index contributed by atoms with van der Waals surface area (Å²) >= 11 is 2.40.